The lowest BCUT2D eigenvalue weighted by molar-refractivity contribution is 0.0125. The topological polar surface area (TPSA) is 18.5 Å². The molecule has 2 heterocycles. The van der Waals surface area contributed by atoms with Crippen LogP contribution in [0.15, 0.2) is 0 Å². The van der Waals surface area contributed by atoms with E-state index in [0.717, 1.165) is 25.6 Å². The molecule has 0 aromatic rings. The Labute approximate surface area is 92.8 Å². The van der Waals surface area contributed by atoms with Gasteiger partial charge in [0.05, 0.1) is 6.04 Å². The van der Waals surface area contributed by atoms with Crippen LogP contribution in [0.5, 0.6) is 0 Å². The van der Waals surface area contributed by atoms with Crippen molar-refractivity contribution in [2.24, 2.45) is 0 Å². The van der Waals surface area contributed by atoms with Gasteiger partial charge in [0, 0.05) is 45.3 Å². The third-order valence-corrected chi connectivity index (χ3v) is 3.58. The predicted octanol–water partition coefficient (Wildman–Crippen LogP) is -0.0124. The third-order valence-electron chi connectivity index (χ3n) is 3.58. The summed E-state index contributed by atoms with van der Waals surface area (Å²) < 4.78 is 0. The van der Waals surface area contributed by atoms with Crippen molar-refractivity contribution in [1.29, 1.82) is 0 Å². The maximum absolute atomic E-state index is 5.50. The Balaban J connectivity index is 1.75. The smallest absolute Gasteiger partial charge is 0.0710 e. The highest BCUT2D eigenvalue weighted by Crippen LogP contribution is 2.19. The zero-order chi connectivity index (χ0) is 10.7. The summed E-state index contributed by atoms with van der Waals surface area (Å²) in [6.45, 7) is 9.19. The van der Waals surface area contributed by atoms with Gasteiger partial charge in [-0.25, -0.2) is 0 Å². The fraction of sp³-hybridized carbons (Fsp3) is 0.833. The number of nitrogens with zero attached hydrogens (tertiary/aromatic N) is 2. The zero-order valence-electron chi connectivity index (χ0n) is 9.58. The molecular weight excluding hydrogens is 186 g/mol. The minimum absolute atomic E-state index is 0.365. The summed E-state index contributed by atoms with van der Waals surface area (Å²) in [5.41, 5.74) is 0. The number of rotatable bonds is 3. The molecule has 0 spiro atoms. The van der Waals surface area contributed by atoms with E-state index in [1.807, 2.05) is 0 Å². The molecule has 84 valence electrons. The number of nitrogens with one attached hydrogen (secondary N) is 1. The standard InChI is InChI=1S/C12H21N3/c1-3-11(4-2)15-9-12(10-15)14-7-5-13-6-8-14/h1,11-13H,4-10H2,2H3. The van der Waals surface area contributed by atoms with Gasteiger partial charge in [-0.1, -0.05) is 12.8 Å². The van der Waals surface area contributed by atoms with Crippen LogP contribution in [0, 0.1) is 12.3 Å². The molecule has 2 saturated heterocycles. The van der Waals surface area contributed by atoms with Gasteiger partial charge in [-0.05, 0) is 6.42 Å². The molecule has 15 heavy (non-hydrogen) atoms. The van der Waals surface area contributed by atoms with Gasteiger partial charge < -0.3 is 5.32 Å². The molecule has 1 unspecified atom stereocenters. The SMILES string of the molecule is C#CC(CC)N1CC(N2CCNCC2)C1. The molecule has 3 nitrogen and oxygen atoms in total. The van der Waals surface area contributed by atoms with Crippen molar-refractivity contribution in [2.75, 3.05) is 39.3 Å². The van der Waals surface area contributed by atoms with Crippen molar-refractivity contribution in [2.45, 2.75) is 25.4 Å². The molecule has 1 N–H and O–H groups in total. The van der Waals surface area contributed by atoms with Crippen molar-refractivity contribution < 1.29 is 0 Å². The van der Waals surface area contributed by atoms with E-state index < -0.39 is 0 Å². The molecule has 0 aromatic heterocycles. The van der Waals surface area contributed by atoms with Crippen LogP contribution in [0.25, 0.3) is 0 Å². The van der Waals surface area contributed by atoms with Gasteiger partial charge in [-0.15, -0.1) is 6.42 Å². The molecule has 3 heteroatoms. The van der Waals surface area contributed by atoms with Crippen molar-refractivity contribution in [3.05, 3.63) is 0 Å². The Bertz CT molecular complexity index is 234. The lowest BCUT2D eigenvalue weighted by atomic mass is 10.0. The minimum Gasteiger partial charge on any atom is -0.314 e. The highest BCUT2D eigenvalue weighted by Gasteiger charge is 2.34. The van der Waals surface area contributed by atoms with E-state index in [4.69, 9.17) is 6.42 Å². The van der Waals surface area contributed by atoms with E-state index in [-0.39, 0.29) is 0 Å². The summed E-state index contributed by atoms with van der Waals surface area (Å²) in [7, 11) is 0. The van der Waals surface area contributed by atoms with Gasteiger partial charge in [0.15, 0.2) is 0 Å². The lowest BCUT2D eigenvalue weighted by Crippen LogP contribution is -2.64. The molecule has 2 aliphatic heterocycles. The van der Waals surface area contributed by atoms with E-state index in [2.05, 4.69) is 28.0 Å². The Kier molecular flexibility index (Phi) is 3.63. The van der Waals surface area contributed by atoms with Gasteiger partial charge >= 0.3 is 0 Å². The molecule has 0 aromatic carbocycles. The minimum atomic E-state index is 0.365. The van der Waals surface area contributed by atoms with Crippen LogP contribution in [-0.4, -0.2) is 61.2 Å². The highest BCUT2D eigenvalue weighted by atomic mass is 15.3. The molecule has 2 rings (SSSR count). The Morgan fingerprint density at radius 2 is 2.07 bits per heavy atom. The van der Waals surface area contributed by atoms with Gasteiger partial charge in [-0.3, -0.25) is 9.80 Å². The van der Waals surface area contributed by atoms with E-state index in [0.29, 0.717) is 6.04 Å². The van der Waals surface area contributed by atoms with Crippen molar-refractivity contribution >= 4 is 0 Å². The number of hydrogen-bond donors (Lipinski definition) is 1. The fourth-order valence-corrected chi connectivity index (χ4v) is 2.50. The molecule has 0 bridgehead atoms. The number of terminal acetylenes is 1. The van der Waals surface area contributed by atoms with E-state index >= 15 is 0 Å². The molecule has 0 saturated carbocycles. The summed E-state index contributed by atoms with van der Waals surface area (Å²) in [6, 6.07) is 1.12. The van der Waals surface area contributed by atoms with Crippen LogP contribution in [0.4, 0.5) is 0 Å². The van der Waals surface area contributed by atoms with Crippen LogP contribution in [0.2, 0.25) is 0 Å². The van der Waals surface area contributed by atoms with Crippen molar-refractivity contribution in [3.63, 3.8) is 0 Å². The normalized spacial score (nSPS) is 26.9. The predicted molar refractivity (Wildman–Crippen MR) is 62.7 cm³/mol. The Morgan fingerprint density at radius 3 is 2.60 bits per heavy atom. The first kappa shape index (κ1) is 10.9. The molecule has 0 amide bonds. The first-order chi connectivity index (χ1) is 7.35. The van der Waals surface area contributed by atoms with Crippen LogP contribution < -0.4 is 5.32 Å². The van der Waals surface area contributed by atoms with Crippen LogP contribution >= 0.6 is 0 Å². The quantitative estimate of drug-likeness (QED) is 0.657. The lowest BCUT2D eigenvalue weighted by Gasteiger charge is -2.48. The first-order valence-electron chi connectivity index (χ1n) is 6.00. The van der Waals surface area contributed by atoms with Gasteiger partial charge in [0.25, 0.3) is 0 Å². The average Bonchev–Trinajstić information content (AvgIpc) is 2.24. The zero-order valence-corrected chi connectivity index (χ0v) is 9.58. The average molecular weight is 207 g/mol. The summed E-state index contributed by atoms with van der Waals surface area (Å²) in [5.74, 6) is 2.87. The van der Waals surface area contributed by atoms with E-state index in [1.165, 1.54) is 26.2 Å². The highest BCUT2D eigenvalue weighted by molar-refractivity contribution is 5.04. The largest absolute Gasteiger partial charge is 0.314 e. The number of likely N-dealkylation sites (tertiary alicyclic amines) is 1. The fourth-order valence-electron chi connectivity index (χ4n) is 2.50. The van der Waals surface area contributed by atoms with Gasteiger partial charge in [0.2, 0.25) is 0 Å². The maximum atomic E-state index is 5.50. The second-order valence-electron chi connectivity index (χ2n) is 4.48. The third kappa shape index (κ3) is 2.34. The van der Waals surface area contributed by atoms with Gasteiger partial charge in [0.1, 0.15) is 0 Å². The second-order valence-corrected chi connectivity index (χ2v) is 4.48. The monoisotopic (exact) mass is 207 g/mol. The van der Waals surface area contributed by atoms with E-state index in [9.17, 15) is 0 Å². The first-order valence-corrected chi connectivity index (χ1v) is 6.00. The molecule has 2 fully saturated rings. The number of piperazine rings is 1. The van der Waals surface area contributed by atoms with Crippen LogP contribution in [-0.2, 0) is 0 Å². The Hall–Kier alpha value is -0.560. The summed E-state index contributed by atoms with van der Waals surface area (Å²) >= 11 is 0. The second kappa shape index (κ2) is 4.98. The summed E-state index contributed by atoms with van der Waals surface area (Å²) in [5, 5.41) is 3.39. The van der Waals surface area contributed by atoms with Crippen LogP contribution in [0.1, 0.15) is 13.3 Å². The Morgan fingerprint density at radius 1 is 1.40 bits per heavy atom. The molecular formula is C12H21N3. The van der Waals surface area contributed by atoms with Crippen LogP contribution in [0.3, 0.4) is 0 Å². The summed E-state index contributed by atoms with van der Waals surface area (Å²) in [4.78, 5) is 5.02. The molecule has 2 aliphatic rings. The van der Waals surface area contributed by atoms with E-state index in [1.54, 1.807) is 0 Å². The molecule has 0 aliphatic carbocycles. The summed E-state index contributed by atoms with van der Waals surface area (Å²) in [6.07, 6.45) is 6.58. The maximum Gasteiger partial charge on any atom is 0.0710 e. The van der Waals surface area contributed by atoms with Gasteiger partial charge in [-0.2, -0.15) is 0 Å². The van der Waals surface area contributed by atoms with Crippen molar-refractivity contribution in [1.82, 2.24) is 15.1 Å². The molecule has 0 radical (unpaired) electrons. The van der Waals surface area contributed by atoms with Crippen molar-refractivity contribution in [3.8, 4) is 12.3 Å². The number of hydrogen-bond acceptors (Lipinski definition) is 3. The molecule has 1 atom stereocenters.